The molecule has 9 heteroatoms. The number of amides is 1. The van der Waals surface area contributed by atoms with Gasteiger partial charge in [-0.3, -0.25) is 4.79 Å². The molecule has 34 heavy (non-hydrogen) atoms. The first kappa shape index (κ1) is 24.4. The lowest BCUT2D eigenvalue weighted by molar-refractivity contribution is -0.115. The highest BCUT2D eigenvalue weighted by Gasteiger charge is 2.26. The van der Waals surface area contributed by atoms with Crippen LogP contribution in [-0.4, -0.2) is 43.3 Å². The number of sulfonamides is 1. The zero-order chi connectivity index (χ0) is 24.1. The van der Waals surface area contributed by atoms with Crippen molar-refractivity contribution in [2.75, 3.05) is 25.0 Å². The average Bonchev–Trinajstić information content (AvgIpc) is 3.30. The van der Waals surface area contributed by atoms with Crippen LogP contribution >= 0.6 is 11.3 Å². The van der Waals surface area contributed by atoms with E-state index in [1.165, 1.54) is 15.6 Å². The molecule has 1 aliphatic heterocycles. The van der Waals surface area contributed by atoms with Gasteiger partial charge in [0.2, 0.25) is 15.9 Å². The van der Waals surface area contributed by atoms with Crippen LogP contribution in [0.15, 0.2) is 52.7 Å². The first-order chi connectivity index (χ1) is 16.4. The fourth-order valence-electron chi connectivity index (χ4n) is 3.89. The fourth-order valence-corrected chi connectivity index (χ4v) is 6.26. The molecule has 0 spiro atoms. The fraction of sp³-hybridized carbons (Fsp3) is 0.360. The van der Waals surface area contributed by atoms with Crippen molar-refractivity contribution in [3.63, 3.8) is 0 Å². The van der Waals surface area contributed by atoms with Gasteiger partial charge in [-0.1, -0.05) is 12.5 Å². The van der Waals surface area contributed by atoms with Crippen LogP contribution in [0.1, 0.15) is 37.4 Å². The number of anilines is 1. The predicted octanol–water partition coefficient (Wildman–Crippen LogP) is 4.87. The molecule has 180 valence electrons. The minimum absolute atomic E-state index is 0.107. The van der Waals surface area contributed by atoms with Crippen molar-refractivity contribution in [3.8, 4) is 16.3 Å². The molecule has 0 bridgehead atoms. The molecule has 1 N–H and O–H groups in total. The van der Waals surface area contributed by atoms with Crippen LogP contribution in [0.2, 0.25) is 0 Å². The van der Waals surface area contributed by atoms with E-state index in [9.17, 15) is 13.2 Å². The summed E-state index contributed by atoms with van der Waals surface area (Å²) in [6, 6.07) is 12.6. The zero-order valence-electron chi connectivity index (χ0n) is 19.4. The zero-order valence-corrected chi connectivity index (χ0v) is 21.0. The molecule has 7 nitrogen and oxygen atoms in total. The Morgan fingerprint density at radius 1 is 1.12 bits per heavy atom. The van der Waals surface area contributed by atoms with Crippen molar-refractivity contribution in [1.29, 1.82) is 0 Å². The van der Waals surface area contributed by atoms with E-state index in [0.29, 0.717) is 31.1 Å². The van der Waals surface area contributed by atoms with E-state index >= 15 is 0 Å². The maximum absolute atomic E-state index is 13.0. The van der Waals surface area contributed by atoms with E-state index in [1.54, 1.807) is 18.2 Å². The van der Waals surface area contributed by atoms with Crippen LogP contribution in [-0.2, 0) is 21.2 Å². The number of nitrogens with zero attached hydrogens (tertiary/aromatic N) is 2. The number of aryl methyl sites for hydroxylation is 1. The van der Waals surface area contributed by atoms with Gasteiger partial charge in [0.05, 0.1) is 23.6 Å². The van der Waals surface area contributed by atoms with Gasteiger partial charge < -0.3 is 10.1 Å². The SMILES string of the molecule is CCOc1ccc(-c2nc(CC(=O)Nc3cc(S(=O)(=O)N4CCCCC4)ccc3C)cs2)cc1. The third-order valence-electron chi connectivity index (χ3n) is 5.74. The third-order valence-corrected chi connectivity index (χ3v) is 8.58. The second kappa shape index (κ2) is 10.7. The Morgan fingerprint density at radius 3 is 2.56 bits per heavy atom. The van der Waals surface area contributed by atoms with Crippen molar-refractivity contribution < 1.29 is 17.9 Å². The van der Waals surface area contributed by atoms with E-state index in [2.05, 4.69) is 10.3 Å². The Balaban J connectivity index is 1.44. The summed E-state index contributed by atoms with van der Waals surface area (Å²) in [7, 11) is -3.57. The lowest BCUT2D eigenvalue weighted by atomic mass is 10.2. The van der Waals surface area contributed by atoms with Crippen molar-refractivity contribution in [1.82, 2.24) is 9.29 Å². The normalized spacial score (nSPS) is 14.6. The molecule has 0 aliphatic carbocycles. The van der Waals surface area contributed by atoms with Crippen LogP contribution in [0.4, 0.5) is 5.69 Å². The molecular formula is C25H29N3O4S2. The highest BCUT2D eigenvalue weighted by molar-refractivity contribution is 7.89. The molecule has 0 unspecified atom stereocenters. The van der Waals surface area contributed by atoms with Gasteiger partial charge in [-0.05, 0) is 68.7 Å². The summed E-state index contributed by atoms with van der Waals surface area (Å²) < 4.78 is 33.0. The molecule has 4 rings (SSSR count). The first-order valence-electron chi connectivity index (χ1n) is 11.4. The quantitative estimate of drug-likeness (QED) is 0.478. The molecule has 0 atom stereocenters. The monoisotopic (exact) mass is 499 g/mol. The topological polar surface area (TPSA) is 88.6 Å². The number of carbonyl (C=O) groups excluding carboxylic acids is 1. The lowest BCUT2D eigenvalue weighted by Crippen LogP contribution is -2.35. The van der Waals surface area contributed by atoms with Crippen molar-refractivity contribution in [2.24, 2.45) is 0 Å². The maximum atomic E-state index is 13.0. The number of hydrogen-bond donors (Lipinski definition) is 1. The Kier molecular flexibility index (Phi) is 7.65. The number of carbonyl (C=O) groups is 1. The summed E-state index contributed by atoms with van der Waals surface area (Å²) in [6.07, 6.45) is 2.91. The van der Waals surface area contributed by atoms with E-state index in [4.69, 9.17) is 4.74 Å². The summed E-state index contributed by atoms with van der Waals surface area (Å²) in [5.41, 5.74) is 2.94. The molecular weight excluding hydrogens is 470 g/mol. The molecule has 1 saturated heterocycles. The molecule has 2 aromatic carbocycles. The number of aromatic nitrogens is 1. The van der Waals surface area contributed by atoms with Gasteiger partial charge in [-0.2, -0.15) is 4.31 Å². The number of ether oxygens (including phenoxy) is 1. The smallest absolute Gasteiger partial charge is 0.243 e. The summed E-state index contributed by atoms with van der Waals surface area (Å²) in [4.78, 5) is 17.5. The Morgan fingerprint density at radius 2 is 1.85 bits per heavy atom. The highest BCUT2D eigenvalue weighted by atomic mass is 32.2. The lowest BCUT2D eigenvalue weighted by Gasteiger charge is -2.26. The molecule has 3 aromatic rings. The number of benzene rings is 2. The summed E-state index contributed by atoms with van der Waals surface area (Å²) in [5, 5.41) is 5.57. The molecule has 0 saturated carbocycles. The summed E-state index contributed by atoms with van der Waals surface area (Å²) >= 11 is 1.48. The Hall–Kier alpha value is -2.75. The van der Waals surface area contributed by atoms with E-state index < -0.39 is 10.0 Å². The number of nitrogens with one attached hydrogen (secondary N) is 1. The third kappa shape index (κ3) is 5.65. The Labute approximate surface area is 204 Å². The molecule has 0 radical (unpaired) electrons. The summed E-state index contributed by atoms with van der Waals surface area (Å²) in [6.45, 7) is 5.48. The van der Waals surface area contributed by atoms with Crippen LogP contribution in [0.3, 0.4) is 0 Å². The first-order valence-corrected chi connectivity index (χ1v) is 13.8. The van der Waals surface area contributed by atoms with Crippen LogP contribution < -0.4 is 10.1 Å². The van der Waals surface area contributed by atoms with Gasteiger partial charge in [0.1, 0.15) is 10.8 Å². The van der Waals surface area contributed by atoms with Crippen molar-refractivity contribution in [2.45, 2.75) is 44.4 Å². The average molecular weight is 500 g/mol. The highest BCUT2D eigenvalue weighted by Crippen LogP contribution is 2.27. The summed E-state index contributed by atoms with van der Waals surface area (Å²) in [5.74, 6) is 0.571. The van der Waals surface area contributed by atoms with Crippen LogP contribution in [0.5, 0.6) is 5.75 Å². The largest absolute Gasteiger partial charge is 0.494 e. The van der Waals surface area contributed by atoms with Gasteiger partial charge in [0.15, 0.2) is 0 Å². The minimum atomic E-state index is -3.57. The number of piperidine rings is 1. The minimum Gasteiger partial charge on any atom is -0.494 e. The molecule has 1 aromatic heterocycles. The molecule has 1 amide bonds. The van der Waals surface area contributed by atoms with Crippen molar-refractivity contribution in [3.05, 3.63) is 59.1 Å². The maximum Gasteiger partial charge on any atom is 0.243 e. The van der Waals surface area contributed by atoms with Gasteiger partial charge in [0.25, 0.3) is 0 Å². The van der Waals surface area contributed by atoms with E-state index in [1.807, 2.05) is 43.5 Å². The molecule has 2 heterocycles. The number of thiazole rings is 1. The van der Waals surface area contributed by atoms with Crippen molar-refractivity contribution >= 4 is 33.0 Å². The second-order valence-electron chi connectivity index (χ2n) is 8.27. The number of rotatable bonds is 8. The van der Waals surface area contributed by atoms with Gasteiger partial charge in [0, 0.05) is 29.7 Å². The Bertz CT molecular complexity index is 1250. The van der Waals surface area contributed by atoms with Crippen LogP contribution in [0, 0.1) is 6.92 Å². The number of hydrogen-bond acceptors (Lipinski definition) is 6. The molecule has 1 fully saturated rings. The van der Waals surface area contributed by atoms with E-state index in [0.717, 1.165) is 41.1 Å². The standard InChI is InChI=1S/C25H29N3O4S2/c1-3-32-21-10-8-19(9-11-21)25-26-20(17-33-25)15-24(29)27-23-16-22(12-7-18(23)2)34(30,31)28-13-5-4-6-14-28/h7-12,16-17H,3-6,13-15H2,1-2H3,(H,27,29). The van der Waals surface area contributed by atoms with Gasteiger partial charge >= 0.3 is 0 Å². The molecule has 1 aliphatic rings. The predicted molar refractivity (Wildman–Crippen MR) is 135 cm³/mol. The van der Waals surface area contributed by atoms with E-state index in [-0.39, 0.29) is 17.2 Å². The van der Waals surface area contributed by atoms with Crippen LogP contribution in [0.25, 0.3) is 10.6 Å². The van der Waals surface area contributed by atoms with Gasteiger partial charge in [-0.15, -0.1) is 11.3 Å². The second-order valence-corrected chi connectivity index (χ2v) is 11.1. The van der Waals surface area contributed by atoms with Gasteiger partial charge in [-0.25, -0.2) is 13.4 Å².